The molecule has 2 bridgehead atoms. The minimum absolute atomic E-state index is 0.221. The molecule has 0 aromatic heterocycles. The molecule has 2 saturated heterocycles. The second kappa shape index (κ2) is 4.39. The molecule has 15 heavy (non-hydrogen) atoms. The zero-order valence-electron chi connectivity index (χ0n) is 9.53. The number of carbonyl (C=O) groups excluding carboxylic acids is 1. The summed E-state index contributed by atoms with van der Waals surface area (Å²) in [6.07, 6.45) is 4.81. The molecule has 0 spiro atoms. The maximum absolute atomic E-state index is 11.3. The van der Waals surface area contributed by atoms with E-state index in [0.29, 0.717) is 18.0 Å². The Morgan fingerprint density at radius 1 is 1.40 bits per heavy atom. The Balaban J connectivity index is 1.82. The highest BCUT2D eigenvalue weighted by molar-refractivity contribution is 5.66. The van der Waals surface area contributed by atoms with Crippen LogP contribution in [0.15, 0.2) is 0 Å². The Morgan fingerprint density at radius 2 is 2.00 bits per heavy atom. The summed E-state index contributed by atoms with van der Waals surface area (Å²) in [6.45, 7) is 0.835. The topological polar surface area (TPSA) is 41.6 Å². The molecule has 2 aliphatic heterocycles. The Hall–Kier alpha value is -0.770. The van der Waals surface area contributed by atoms with Crippen LogP contribution in [-0.2, 0) is 4.74 Å². The van der Waals surface area contributed by atoms with Crippen molar-refractivity contribution in [2.24, 2.45) is 5.92 Å². The van der Waals surface area contributed by atoms with Gasteiger partial charge in [0.25, 0.3) is 0 Å². The largest absolute Gasteiger partial charge is 0.453 e. The highest BCUT2D eigenvalue weighted by Crippen LogP contribution is 2.31. The standard InChI is InChI=1S/C11H20N2O2/c1-13(11(14)15-2)7-8-5-9-3-4-10(6-8)12-9/h8-10,12H,3-7H2,1-2H3. The minimum atomic E-state index is -0.221. The predicted octanol–water partition coefficient (Wildman–Crippen LogP) is 1.22. The van der Waals surface area contributed by atoms with Crippen LogP contribution in [0.5, 0.6) is 0 Å². The van der Waals surface area contributed by atoms with Crippen molar-refractivity contribution in [3.05, 3.63) is 0 Å². The highest BCUT2D eigenvalue weighted by atomic mass is 16.5. The van der Waals surface area contributed by atoms with E-state index in [0.717, 1.165) is 6.54 Å². The first-order chi connectivity index (χ1) is 7.19. The molecule has 1 N–H and O–H groups in total. The Morgan fingerprint density at radius 3 is 2.53 bits per heavy atom. The summed E-state index contributed by atoms with van der Waals surface area (Å²) in [7, 11) is 3.25. The third-order valence-corrected chi connectivity index (χ3v) is 3.59. The number of hydrogen-bond donors (Lipinski definition) is 1. The van der Waals surface area contributed by atoms with Gasteiger partial charge < -0.3 is 15.0 Å². The van der Waals surface area contributed by atoms with Crippen LogP contribution >= 0.6 is 0 Å². The van der Waals surface area contributed by atoms with Crippen molar-refractivity contribution >= 4 is 6.09 Å². The van der Waals surface area contributed by atoms with Crippen LogP contribution in [0.25, 0.3) is 0 Å². The van der Waals surface area contributed by atoms with Crippen LogP contribution in [0.4, 0.5) is 4.79 Å². The van der Waals surface area contributed by atoms with E-state index in [9.17, 15) is 4.79 Å². The maximum Gasteiger partial charge on any atom is 0.409 e. The fourth-order valence-corrected chi connectivity index (χ4v) is 2.94. The monoisotopic (exact) mass is 212 g/mol. The van der Waals surface area contributed by atoms with Gasteiger partial charge >= 0.3 is 6.09 Å². The predicted molar refractivity (Wildman–Crippen MR) is 57.7 cm³/mol. The number of rotatable bonds is 2. The fraction of sp³-hybridized carbons (Fsp3) is 0.909. The number of carbonyl (C=O) groups is 1. The highest BCUT2D eigenvalue weighted by Gasteiger charge is 2.34. The van der Waals surface area contributed by atoms with Crippen LogP contribution in [0.1, 0.15) is 25.7 Å². The summed E-state index contributed by atoms with van der Waals surface area (Å²) in [5.74, 6) is 0.646. The van der Waals surface area contributed by atoms with Crippen molar-refractivity contribution < 1.29 is 9.53 Å². The SMILES string of the molecule is COC(=O)N(C)CC1CC2CCC(C1)N2. The average molecular weight is 212 g/mol. The van der Waals surface area contributed by atoms with E-state index in [2.05, 4.69) is 5.32 Å². The third-order valence-electron chi connectivity index (χ3n) is 3.59. The van der Waals surface area contributed by atoms with E-state index in [-0.39, 0.29) is 6.09 Å². The summed E-state index contributed by atoms with van der Waals surface area (Å²) < 4.78 is 4.69. The number of piperidine rings is 1. The van der Waals surface area contributed by atoms with Gasteiger partial charge in [0.1, 0.15) is 0 Å². The number of fused-ring (bicyclic) bond motifs is 2. The lowest BCUT2D eigenvalue weighted by Crippen LogP contribution is -2.42. The van der Waals surface area contributed by atoms with Crippen LogP contribution in [0, 0.1) is 5.92 Å². The first-order valence-electron chi connectivity index (χ1n) is 5.74. The second-order valence-electron chi connectivity index (χ2n) is 4.83. The van der Waals surface area contributed by atoms with Gasteiger partial charge in [-0.2, -0.15) is 0 Å². The molecule has 4 nitrogen and oxygen atoms in total. The van der Waals surface area contributed by atoms with Crippen LogP contribution < -0.4 is 5.32 Å². The third kappa shape index (κ3) is 2.43. The first kappa shape index (κ1) is 10.7. The second-order valence-corrected chi connectivity index (χ2v) is 4.83. The summed E-state index contributed by atoms with van der Waals surface area (Å²) in [5, 5.41) is 3.60. The molecule has 4 heteroatoms. The number of hydrogen-bond acceptors (Lipinski definition) is 3. The zero-order valence-corrected chi connectivity index (χ0v) is 9.53. The molecule has 0 aromatic carbocycles. The molecule has 0 radical (unpaired) electrons. The molecular formula is C11H20N2O2. The fourth-order valence-electron chi connectivity index (χ4n) is 2.94. The molecule has 2 fully saturated rings. The van der Waals surface area contributed by atoms with Gasteiger partial charge in [-0.1, -0.05) is 0 Å². The molecule has 0 saturated carbocycles. The number of nitrogens with one attached hydrogen (secondary N) is 1. The van der Waals surface area contributed by atoms with Gasteiger partial charge in [0, 0.05) is 25.7 Å². The number of ether oxygens (including phenoxy) is 1. The van der Waals surface area contributed by atoms with Gasteiger partial charge in [-0.15, -0.1) is 0 Å². The van der Waals surface area contributed by atoms with E-state index in [1.54, 1.807) is 4.90 Å². The molecule has 2 heterocycles. The summed E-state index contributed by atoms with van der Waals surface area (Å²) in [5.41, 5.74) is 0. The van der Waals surface area contributed by atoms with E-state index in [1.165, 1.54) is 32.8 Å². The lowest BCUT2D eigenvalue weighted by molar-refractivity contribution is 0.121. The molecule has 0 aromatic rings. The lowest BCUT2D eigenvalue weighted by Gasteiger charge is -2.31. The molecule has 86 valence electrons. The van der Waals surface area contributed by atoms with Crippen molar-refractivity contribution in [3.63, 3.8) is 0 Å². The Kier molecular flexibility index (Phi) is 3.14. The molecule has 1 amide bonds. The Bertz CT molecular complexity index is 233. The molecule has 0 aliphatic carbocycles. The zero-order chi connectivity index (χ0) is 10.8. The summed E-state index contributed by atoms with van der Waals surface area (Å²) in [6, 6.07) is 1.39. The molecule has 2 atom stereocenters. The van der Waals surface area contributed by atoms with Crippen molar-refractivity contribution in [1.29, 1.82) is 0 Å². The Labute approximate surface area is 91.0 Å². The molecule has 2 unspecified atom stereocenters. The van der Waals surface area contributed by atoms with Gasteiger partial charge in [-0.25, -0.2) is 4.79 Å². The maximum atomic E-state index is 11.3. The molecular weight excluding hydrogens is 192 g/mol. The van der Waals surface area contributed by atoms with Crippen molar-refractivity contribution in [2.45, 2.75) is 37.8 Å². The van der Waals surface area contributed by atoms with Crippen molar-refractivity contribution in [1.82, 2.24) is 10.2 Å². The van der Waals surface area contributed by atoms with E-state index in [1.807, 2.05) is 7.05 Å². The molecule has 2 rings (SSSR count). The summed E-state index contributed by atoms with van der Waals surface area (Å²) in [4.78, 5) is 12.9. The van der Waals surface area contributed by atoms with E-state index >= 15 is 0 Å². The van der Waals surface area contributed by atoms with Crippen LogP contribution in [0.2, 0.25) is 0 Å². The quantitative estimate of drug-likeness (QED) is 0.748. The van der Waals surface area contributed by atoms with Gasteiger partial charge in [-0.3, -0.25) is 0 Å². The van der Waals surface area contributed by atoms with Gasteiger partial charge in [0.15, 0.2) is 0 Å². The number of nitrogens with zero attached hydrogens (tertiary/aromatic N) is 1. The first-order valence-corrected chi connectivity index (χ1v) is 5.74. The lowest BCUT2D eigenvalue weighted by atomic mass is 9.92. The number of methoxy groups -OCH3 is 1. The molecule has 2 aliphatic rings. The number of amides is 1. The average Bonchev–Trinajstić information content (AvgIpc) is 2.57. The van der Waals surface area contributed by atoms with Gasteiger partial charge in [-0.05, 0) is 31.6 Å². The summed E-state index contributed by atoms with van der Waals surface area (Å²) >= 11 is 0. The van der Waals surface area contributed by atoms with Crippen molar-refractivity contribution in [2.75, 3.05) is 20.7 Å². The minimum Gasteiger partial charge on any atom is -0.453 e. The van der Waals surface area contributed by atoms with Crippen molar-refractivity contribution in [3.8, 4) is 0 Å². The normalized spacial score (nSPS) is 33.9. The van der Waals surface area contributed by atoms with Crippen LogP contribution in [0.3, 0.4) is 0 Å². The van der Waals surface area contributed by atoms with Gasteiger partial charge in [0.05, 0.1) is 7.11 Å². The van der Waals surface area contributed by atoms with E-state index < -0.39 is 0 Å². The smallest absolute Gasteiger partial charge is 0.409 e. The van der Waals surface area contributed by atoms with E-state index in [4.69, 9.17) is 4.74 Å². The van der Waals surface area contributed by atoms with Crippen LogP contribution in [-0.4, -0.2) is 43.8 Å². The van der Waals surface area contributed by atoms with Gasteiger partial charge in [0.2, 0.25) is 0 Å².